The summed E-state index contributed by atoms with van der Waals surface area (Å²) in [6.45, 7) is 0.134. The Labute approximate surface area is 122 Å². The van der Waals surface area contributed by atoms with Gasteiger partial charge < -0.3 is 10.8 Å². The van der Waals surface area contributed by atoms with Crippen LogP contribution in [0.15, 0.2) is 23.1 Å². The number of hydrogen-bond acceptors (Lipinski definition) is 5. The Morgan fingerprint density at radius 3 is 2.75 bits per heavy atom. The fourth-order valence-corrected chi connectivity index (χ4v) is 4.15. The van der Waals surface area contributed by atoms with Crippen molar-refractivity contribution in [3.05, 3.63) is 28.8 Å². The van der Waals surface area contributed by atoms with E-state index in [1.54, 1.807) is 0 Å². The van der Waals surface area contributed by atoms with E-state index in [1.807, 2.05) is 6.07 Å². The van der Waals surface area contributed by atoms with Gasteiger partial charge in [0.2, 0.25) is 10.0 Å². The van der Waals surface area contributed by atoms with E-state index in [9.17, 15) is 13.5 Å². The van der Waals surface area contributed by atoms with Crippen LogP contribution in [0.2, 0.25) is 5.02 Å². The molecule has 3 N–H and O–H groups in total. The van der Waals surface area contributed by atoms with Gasteiger partial charge in [0.15, 0.2) is 0 Å². The second-order valence-corrected chi connectivity index (χ2v) is 7.09. The lowest BCUT2D eigenvalue weighted by molar-refractivity contribution is 0.0651. The summed E-state index contributed by atoms with van der Waals surface area (Å²) < 4.78 is 26.1. The lowest BCUT2D eigenvalue weighted by atomic mass is 10.1. The molecule has 8 heteroatoms. The Hall–Kier alpha value is -1.17. The number of aliphatic hydroxyl groups is 1. The van der Waals surface area contributed by atoms with Crippen LogP contribution in [-0.2, 0) is 10.0 Å². The molecule has 20 heavy (non-hydrogen) atoms. The van der Waals surface area contributed by atoms with Gasteiger partial charge in [0.05, 0.1) is 22.3 Å². The second kappa shape index (κ2) is 5.31. The van der Waals surface area contributed by atoms with E-state index in [-0.39, 0.29) is 41.5 Å². The fraction of sp³-hybridized carbons (Fsp3) is 0.417. The number of benzene rings is 1. The van der Waals surface area contributed by atoms with Crippen molar-refractivity contribution in [3.63, 3.8) is 0 Å². The number of rotatable bonds is 3. The van der Waals surface area contributed by atoms with Crippen LogP contribution in [0, 0.1) is 11.3 Å². The highest BCUT2D eigenvalue weighted by molar-refractivity contribution is 7.89. The molecule has 1 aliphatic heterocycles. The van der Waals surface area contributed by atoms with Gasteiger partial charge in [-0.05, 0) is 24.6 Å². The minimum Gasteiger partial charge on any atom is -0.387 e. The summed E-state index contributed by atoms with van der Waals surface area (Å²) in [7, 11) is -3.80. The highest BCUT2D eigenvalue weighted by Gasteiger charge is 2.41. The Bertz CT molecular complexity index is 671. The Balaban J connectivity index is 2.35. The third-order valence-corrected chi connectivity index (χ3v) is 5.68. The molecule has 0 radical (unpaired) electrons. The molecule has 1 heterocycles. The van der Waals surface area contributed by atoms with Crippen molar-refractivity contribution in [2.45, 2.75) is 16.9 Å². The predicted molar refractivity (Wildman–Crippen MR) is 73.5 cm³/mol. The molecule has 1 atom stereocenters. The monoisotopic (exact) mass is 315 g/mol. The van der Waals surface area contributed by atoms with Crippen LogP contribution >= 0.6 is 11.6 Å². The van der Waals surface area contributed by atoms with Crippen molar-refractivity contribution < 1.29 is 13.5 Å². The van der Waals surface area contributed by atoms with Crippen LogP contribution in [0.5, 0.6) is 0 Å². The smallest absolute Gasteiger partial charge is 0.244 e. The summed E-state index contributed by atoms with van der Waals surface area (Å²) in [5.74, 6) is 0. The molecule has 1 aliphatic rings. The molecule has 1 aromatic carbocycles. The van der Waals surface area contributed by atoms with Crippen molar-refractivity contribution in [3.8, 4) is 6.07 Å². The van der Waals surface area contributed by atoms with Gasteiger partial charge >= 0.3 is 0 Å². The summed E-state index contributed by atoms with van der Waals surface area (Å²) in [4.78, 5) is -0.0700. The summed E-state index contributed by atoms with van der Waals surface area (Å²) in [5, 5.41) is 18.8. The van der Waals surface area contributed by atoms with Crippen LogP contribution in [0.3, 0.4) is 0 Å². The molecule has 0 unspecified atom stereocenters. The normalized spacial score (nSPS) is 23.7. The highest BCUT2D eigenvalue weighted by atomic mass is 35.5. The standard InChI is InChI=1S/C12H14ClN3O3S/c13-10-5-9(6-14)1-2-11(10)20(18,19)16-4-3-12(17,7-15)8-16/h1-2,5,17H,3-4,7-8,15H2/t12-/m1/s1. The predicted octanol–water partition coefficient (Wildman–Crippen LogP) is 0.296. The lowest BCUT2D eigenvalue weighted by Gasteiger charge is -2.21. The molecule has 0 amide bonds. The number of sulfonamides is 1. The number of nitrogens with two attached hydrogens (primary N) is 1. The van der Waals surface area contributed by atoms with Crippen LogP contribution in [0.25, 0.3) is 0 Å². The molecule has 1 aromatic rings. The molecule has 0 saturated carbocycles. The number of β-amino-alcohol motifs (C(OH)–C–C–N with tert-alkyl or cyclic N) is 1. The van der Waals surface area contributed by atoms with E-state index in [0.717, 1.165) is 4.31 Å². The first-order chi connectivity index (χ1) is 9.32. The average molecular weight is 316 g/mol. The molecule has 108 valence electrons. The first kappa shape index (κ1) is 15.2. The SMILES string of the molecule is N#Cc1ccc(S(=O)(=O)N2CC[C@@](O)(CN)C2)c(Cl)c1. The number of nitrogens with zero attached hydrogens (tertiary/aromatic N) is 2. The zero-order chi connectivity index (χ0) is 15.0. The summed E-state index contributed by atoms with van der Waals surface area (Å²) in [6.07, 6.45) is 0.288. The first-order valence-corrected chi connectivity index (χ1v) is 7.76. The van der Waals surface area contributed by atoms with Gasteiger partial charge in [0.1, 0.15) is 4.90 Å². The maximum absolute atomic E-state index is 12.5. The fourth-order valence-electron chi connectivity index (χ4n) is 2.11. The molecule has 1 fully saturated rings. The summed E-state index contributed by atoms with van der Waals surface area (Å²) in [5.41, 5.74) is 4.54. The third-order valence-electron chi connectivity index (χ3n) is 3.36. The molecule has 0 aliphatic carbocycles. The van der Waals surface area contributed by atoms with E-state index in [1.165, 1.54) is 18.2 Å². The molecular weight excluding hydrogens is 302 g/mol. The van der Waals surface area contributed by atoms with Crippen molar-refractivity contribution in [2.75, 3.05) is 19.6 Å². The van der Waals surface area contributed by atoms with E-state index < -0.39 is 15.6 Å². The van der Waals surface area contributed by atoms with Gasteiger partial charge in [-0.1, -0.05) is 11.6 Å². The second-order valence-electron chi connectivity index (χ2n) is 4.77. The van der Waals surface area contributed by atoms with E-state index in [4.69, 9.17) is 22.6 Å². The minimum absolute atomic E-state index is 0.000121. The number of halogens is 1. The Morgan fingerprint density at radius 1 is 1.55 bits per heavy atom. The Morgan fingerprint density at radius 2 is 2.25 bits per heavy atom. The molecule has 6 nitrogen and oxygen atoms in total. The minimum atomic E-state index is -3.80. The average Bonchev–Trinajstić information content (AvgIpc) is 2.82. The maximum atomic E-state index is 12.5. The van der Waals surface area contributed by atoms with Gasteiger partial charge in [0.25, 0.3) is 0 Å². The van der Waals surface area contributed by atoms with E-state index in [0.29, 0.717) is 0 Å². The summed E-state index contributed by atoms with van der Waals surface area (Å²) in [6, 6.07) is 5.89. The molecule has 0 aromatic heterocycles. The summed E-state index contributed by atoms with van der Waals surface area (Å²) >= 11 is 5.93. The van der Waals surface area contributed by atoms with Crippen LogP contribution in [0.4, 0.5) is 0 Å². The quantitative estimate of drug-likeness (QED) is 0.834. The van der Waals surface area contributed by atoms with E-state index in [2.05, 4.69) is 0 Å². The number of hydrogen-bond donors (Lipinski definition) is 2. The Kier molecular flexibility index (Phi) is 4.04. The zero-order valence-corrected chi connectivity index (χ0v) is 12.2. The third kappa shape index (κ3) is 2.66. The van der Waals surface area contributed by atoms with Crippen molar-refractivity contribution >= 4 is 21.6 Å². The molecular formula is C12H14ClN3O3S. The molecule has 0 bridgehead atoms. The van der Waals surface area contributed by atoms with Crippen molar-refractivity contribution in [1.82, 2.24) is 4.31 Å². The van der Waals surface area contributed by atoms with Gasteiger partial charge in [-0.25, -0.2) is 8.42 Å². The van der Waals surface area contributed by atoms with Crippen LogP contribution in [-0.4, -0.2) is 43.1 Å². The largest absolute Gasteiger partial charge is 0.387 e. The maximum Gasteiger partial charge on any atom is 0.244 e. The number of nitriles is 1. The van der Waals surface area contributed by atoms with E-state index >= 15 is 0 Å². The van der Waals surface area contributed by atoms with Crippen LogP contribution in [0.1, 0.15) is 12.0 Å². The zero-order valence-electron chi connectivity index (χ0n) is 10.6. The molecule has 2 rings (SSSR count). The van der Waals surface area contributed by atoms with Crippen molar-refractivity contribution in [2.24, 2.45) is 5.73 Å². The molecule has 1 saturated heterocycles. The van der Waals surface area contributed by atoms with Gasteiger partial charge in [-0.2, -0.15) is 9.57 Å². The molecule has 0 spiro atoms. The lowest BCUT2D eigenvalue weighted by Crippen LogP contribution is -2.41. The highest BCUT2D eigenvalue weighted by Crippen LogP contribution is 2.30. The van der Waals surface area contributed by atoms with Gasteiger partial charge in [0, 0.05) is 19.6 Å². The topological polar surface area (TPSA) is 107 Å². The van der Waals surface area contributed by atoms with Crippen molar-refractivity contribution in [1.29, 1.82) is 5.26 Å². The van der Waals surface area contributed by atoms with Gasteiger partial charge in [-0.3, -0.25) is 0 Å². The van der Waals surface area contributed by atoms with Crippen LogP contribution < -0.4 is 5.73 Å². The van der Waals surface area contributed by atoms with Gasteiger partial charge in [-0.15, -0.1) is 0 Å². The first-order valence-electron chi connectivity index (χ1n) is 5.95.